The number of carbonyl (C=O) groups excluding carboxylic acids is 1. The molecule has 4 nitrogen and oxygen atoms in total. The van der Waals surface area contributed by atoms with Crippen LogP contribution in [-0.4, -0.2) is 33.7 Å². The van der Waals surface area contributed by atoms with Crippen LogP contribution in [0.25, 0.3) is 0 Å². The molecule has 0 bridgehead atoms. The third kappa shape index (κ3) is 3.01. The molecule has 1 amide bonds. The highest BCUT2D eigenvalue weighted by Crippen LogP contribution is 2.38. The third-order valence-electron chi connectivity index (χ3n) is 3.04. The van der Waals surface area contributed by atoms with Gasteiger partial charge in [0, 0.05) is 29.4 Å². The van der Waals surface area contributed by atoms with Crippen LogP contribution in [0, 0.1) is 5.41 Å². The first-order valence-electron chi connectivity index (χ1n) is 5.37. The van der Waals surface area contributed by atoms with Gasteiger partial charge in [-0.1, -0.05) is 25.1 Å². The molecule has 1 atom stereocenters. The summed E-state index contributed by atoms with van der Waals surface area (Å²) in [6, 6.07) is 0. The molecule has 0 aromatic rings. The molecule has 1 aliphatic carbocycles. The predicted octanol–water partition coefficient (Wildman–Crippen LogP) is 0.328. The van der Waals surface area contributed by atoms with Gasteiger partial charge in [0.15, 0.2) is 0 Å². The van der Waals surface area contributed by atoms with Crippen LogP contribution in [-0.2, 0) is 15.6 Å². The Labute approximate surface area is 104 Å². The molecule has 6 heteroatoms. The zero-order valence-corrected chi connectivity index (χ0v) is 11.1. The van der Waals surface area contributed by atoms with Crippen LogP contribution >= 0.6 is 12.2 Å². The summed E-state index contributed by atoms with van der Waals surface area (Å²) in [6.45, 7) is 0.423. The summed E-state index contributed by atoms with van der Waals surface area (Å²) < 4.78 is 10.9. The molecule has 3 N–H and O–H groups in total. The van der Waals surface area contributed by atoms with Gasteiger partial charge in [0.1, 0.15) is 0 Å². The summed E-state index contributed by atoms with van der Waals surface area (Å²) >= 11 is 5.00. The lowest BCUT2D eigenvalue weighted by molar-refractivity contribution is -0.127. The average molecular weight is 262 g/mol. The van der Waals surface area contributed by atoms with Crippen LogP contribution < -0.4 is 11.1 Å². The monoisotopic (exact) mass is 262 g/mol. The first-order chi connectivity index (χ1) is 7.49. The molecule has 0 aromatic carbocycles. The molecule has 0 saturated heterocycles. The Hall–Kier alpha value is -0.490. The molecule has 0 aromatic heterocycles. The van der Waals surface area contributed by atoms with Crippen molar-refractivity contribution in [2.24, 2.45) is 11.1 Å². The largest absolute Gasteiger partial charge is 0.392 e. The molecular weight excluding hydrogens is 244 g/mol. The van der Waals surface area contributed by atoms with Crippen molar-refractivity contribution in [1.82, 2.24) is 5.32 Å². The van der Waals surface area contributed by atoms with Gasteiger partial charge in [-0.2, -0.15) is 0 Å². The molecule has 1 fully saturated rings. The maximum atomic E-state index is 12.0. The molecule has 0 radical (unpaired) electrons. The summed E-state index contributed by atoms with van der Waals surface area (Å²) in [7, 11) is -0.887. The lowest BCUT2D eigenvalue weighted by atomic mass is 9.85. The Kier molecular flexibility index (Phi) is 4.86. The minimum atomic E-state index is -0.887. The summed E-state index contributed by atoms with van der Waals surface area (Å²) in [4.78, 5) is 12.3. The van der Waals surface area contributed by atoms with E-state index in [1.807, 2.05) is 0 Å². The second-order valence-electron chi connectivity index (χ2n) is 4.19. The molecule has 0 spiro atoms. The number of nitrogens with two attached hydrogens (primary N) is 1. The molecule has 16 heavy (non-hydrogen) atoms. The molecule has 92 valence electrons. The van der Waals surface area contributed by atoms with Gasteiger partial charge >= 0.3 is 0 Å². The molecular formula is C10H18N2O2S2. The Morgan fingerprint density at radius 1 is 1.50 bits per heavy atom. The van der Waals surface area contributed by atoms with Crippen molar-refractivity contribution in [2.45, 2.75) is 25.7 Å². The number of rotatable bonds is 5. The molecule has 1 aliphatic rings. The minimum Gasteiger partial charge on any atom is -0.392 e. The van der Waals surface area contributed by atoms with E-state index in [1.165, 1.54) is 0 Å². The summed E-state index contributed by atoms with van der Waals surface area (Å²) in [5, 5.41) is 2.78. The van der Waals surface area contributed by atoms with Crippen molar-refractivity contribution in [2.75, 3.05) is 18.6 Å². The lowest BCUT2D eigenvalue weighted by Gasteiger charge is -2.26. The van der Waals surface area contributed by atoms with Crippen molar-refractivity contribution < 1.29 is 9.00 Å². The minimum absolute atomic E-state index is 0.0945. The molecule has 1 rings (SSSR count). The van der Waals surface area contributed by atoms with Crippen molar-refractivity contribution in [1.29, 1.82) is 0 Å². The van der Waals surface area contributed by atoms with Gasteiger partial charge in [0.2, 0.25) is 5.91 Å². The Balaban J connectivity index is 2.56. The third-order valence-corrected chi connectivity index (χ3v) is 4.21. The first kappa shape index (κ1) is 13.6. The Morgan fingerprint density at radius 2 is 2.06 bits per heavy atom. The average Bonchev–Trinajstić information content (AvgIpc) is 2.66. The van der Waals surface area contributed by atoms with Crippen molar-refractivity contribution >= 4 is 33.9 Å². The van der Waals surface area contributed by atoms with Crippen LogP contribution in [0.5, 0.6) is 0 Å². The van der Waals surface area contributed by atoms with E-state index in [-0.39, 0.29) is 5.91 Å². The quantitative estimate of drug-likeness (QED) is 0.700. The van der Waals surface area contributed by atoms with Crippen molar-refractivity contribution in [3.63, 3.8) is 0 Å². The van der Waals surface area contributed by atoms with Gasteiger partial charge < -0.3 is 11.1 Å². The number of hydrogen-bond acceptors (Lipinski definition) is 3. The van der Waals surface area contributed by atoms with E-state index >= 15 is 0 Å². The fraction of sp³-hybridized carbons (Fsp3) is 0.800. The topological polar surface area (TPSA) is 72.2 Å². The highest BCUT2D eigenvalue weighted by atomic mass is 32.2. The Morgan fingerprint density at radius 3 is 2.50 bits per heavy atom. The predicted molar refractivity (Wildman–Crippen MR) is 69.6 cm³/mol. The fourth-order valence-corrected chi connectivity index (χ4v) is 2.73. The number of thiocarbonyl (C=S) groups is 1. The van der Waals surface area contributed by atoms with Gasteiger partial charge in [-0.25, -0.2) is 0 Å². The lowest BCUT2D eigenvalue weighted by Crippen LogP contribution is -2.48. The molecule has 1 unspecified atom stereocenters. The first-order valence-corrected chi connectivity index (χ1v) is 7.51. The van der Waals surface area contributed by atoms with Crippen LogP contribution in [0.3, 0.4) is 0 Å². The second-order valence-corrected chi connectivity index (χ2v) is 6.18. The summed E-state index contributed by atoms with van der Waals surface area (Å²) in [6.07, 6.45) is 5.08. The van der Waals surface area contributed by atoms with Crippen LogP contribution in [0.15, 0.2) is 0 Å². The van der Waals surface area contributed by atoms with E-state index in [0.717, 1.165) is 25.7 Å². The number of amides is 1. The zero-order valence-electron chi connectivity index (χ0n) is 9.45. The van der Waals surface area contributed by atoms with Gasteiger partial charge in [-0.05, 0) is 12.8 Å². The van der Waals surface area contributed by atoms with Crippen molar-refractivity contribution in [3.8, 4) is 0 Å². The van der Waals surface area contributed by atoms with Gasteiger partial charge in [-0.15, -0.1) is 0 Å². The summed E-state index contributed by atoms with van der Waals surface area (Å²) in [5.74, 6) is 0.377. The summed E-state index contributed by atoms with van der Waals surface area (Å²) in [5.41, 5.74) is 5.03. The molecule has 0 aliphatic heterocycles. The van der Waals surface area contributed by atoms with Crippen LogP contribution in [0.4, 0.5) is 0 Å². The van der Waals surface area contributed by atoms with E-state index in [0.29, 0.717) is 17.3 Å². The zero-order chi connectivity index (χ0) is 12.2. The number of nitrogens with one attached hydrogen (secondary N) is 1. The fourth-order valence-electron chi connectivity index (χ4n) is 2.04. The highest BCUT2D eigenvalue weighted by molar-refractivity contribution is 7.84. The SMILES string of the molecule is CS(=O)CCNC(=O)C1(C(N)=S)CCCC1. The number of hydrogen-bond donors (Lipinski definition) is 2. The van der Waals surface area contributed by atoms with E-state index in [4.69, 9.17) is 18.0 Å². The van der Waals surface area contributed by atoms with Gasteiger partial charge in [-0.3, -0.25) is 9.00 Å². The smallest absolute Gasteiger partial charge is 0.233 e. The highest BCUT2D eigenvalue weighted by Gasteiger charge is 2.43. The van der Waals surface area contributed by atoms with E-state index in [9.17, 15) is 9.00 Å². The maximum Gasteiger partial charge on any atom is 0.233 e. The van der Waals surface area contributed by atoms with Crippen LogP contribution in [0.2, 0.25) is 0 Å². The maximum absolute atomic E-state index is 12.0. The van der Waals surface area contributed by atoms with E-state index < -0.39 is 16.2 Å². The van der Waals surface area contributed by atoms with E-state index in [1.54, 1.807) is 6.26 Å². The molecule has 1 saturated carbocycles. The van der Waals surface area contributed by atoms with E-state index in [2.05, 4.69) is 5.32 Å². The second kappa shape index (κ2) is 5.72. The Bertz CT molecular complexity index is 312. The van der Waals surface area contributed by atoms with Gasteiger partial charge in [0.25, 0.3) is 0 Å². The number of carbonyl (C=O) groups is 1. The molecule has 0 heterocycles. The van der Waals surface area contributed by atoms with Crippen LogP contribution in [0.1, 0.15) is 25.7 Å². The standard InChI is InChI=1S/C10H18N2O2S2/c1-16(14)7-6-12-9(13)10(8(11)15)4-2-3-5-10/h2-7H2,1H3,(H2,11,15)(H,12,13). The van der Waals surface area contributed by atoms with Crippen molar-refractivity contribution in [3.05, 3.63) is 0 Å². The van der Waals surface area contributed by atoms with Gasteiger partial charge in [0.05, 0.1) is 10.4 Å². The normalized spacial score (nSPS) is 20.3.